The SMILES string of the molecule is COc1ccc([C@H]2Oc3ccccc3[C@@H]3CC(c4ccccc4)=NN23)cc1Br. The molecular weight excluding hydrogens is 416 g/mol. The van der Waals surface area contributed by atoms with Crippen LogP contribution in [0.2, 0.25) is 0 Å². The zero-order valence-corrected chi connectivity index (χ0v) is 17.0. The first kappa shape index (κ1) is 17.3. The van der Waals surface area contributed by atoms with Crippen LogP contribution in [0.15, 0.2) is 82.4 Å². The maximum atomic E-state index is 6.40. The molecule has 3 aromatic rings. The van der Waals surface area contributed by atoms with Gasteiger partial charge in [0.2, 0.25) is 6.23 Å². The summed E-state index contributed by atoms with van der Waals surface area (Å²) in [6, 6.07) is 24.8. The number of hydrogen-bond donors (Lipinski definition) is 0. The van der Waals surface area contributed by atoms with Crippen molar-refractivity contribution in [1.29, 1.82) is 0 Å². The van der Waals surface area contributed by atoms with Gasteiger partial charge in [-0.05, 0) is 45.8 Å². The highest BCUT2D eigenvalue weighted by Crippen LogP contribution is 2.47. The Kier molecular flexibility index (Phi) is 4.32. The summed E-state index contributed by atoms with van der Waals surface area (Å²) < 4.78 is 12.7. The maximum absolute atomic E-state index is 6.40. The summed E-state index contributed by atoms with van der Waals surface area (Å²) in [7, 11) is 1.67. The summed E-state index contributed by atoms with van der Waals surface area (Å²) in [6.07, 6.45) is 0.571. The molecule has 0 saturated carbocycles. The van der Waals surface area contributed by atoms with Gasteiger partial charge in [-0.1, -0.05) is 48.5 Å². The van der Waals surface area contributed by atoms with E-state index in [0.717, 1.165) is 39.2 Å². The lowest BCUT2D eigenvalue weighted by Gasteiger charge is -2.38. The maximum Gasteiger partial charge on any atom is 0.213 e. The number of hydrogen-bond acceptors (Lipinski definition) is 4. The van der Waals surface area contributed by atoms with E-state index in [1.165, 1.54) is 5.56 Å². The Morgan fingerprint density at radius 1 is 1.04 bits per heavy atom. The first-order chi connectivity index (χ1) is 13.7. The lowest BCUT2D eigenvalue weighted by atomic mass is 9.96. The number of para-hydroxylation sites is 1. The fraction of sp³-hybridized carbons (Fsp3) is 0.174. The second-order valence-electron chi connectivity index (χ2n) is 6.91. The Labute approximate surface area is 172 Å². The molecule has 0 spiro atoms. The smallest absolute Gasteiger partial charge is 0.213 e. The minimum Gasteiger partial charge on any atom is -0.496 e. The number of methoxy groups -OCH3 is 1. The number of ether oxygens (including phenoxy) is 2. The molecule has 0 aromatic heterocycles. The summed E-state index contributed by atoms with van der Waals surface area (Å²) >= 11 is 3.59. The van der Waals surface area contributed by atoms with Crippen LogP contribution in [0.25, 0.3) is 0 Å². The predicted molar refractivity (Wildman–Crippen MR) is 113 cm³/mol. The third-order valence-electron chi connectivity index (χ3n) is 5.27. The van der Waals surface area contributed by atoms with Crippen molar-refractivity contribution in [2.75, 3.05) is 7.11 Å². The van der Waals surface area contributed by atoms with Crippen LogP contribution in [-0.2, 0) is 0 Å². The van der Waals surface area contributed by atoms with Crippen molar-refractivity contribution in [2.24, 2.45) is 5.10 Å². The van der Waals surface area contributed by atoms with Crippen LogP contribution in [0.1, 0.15) is 35.4 Å². The molecule has 5 heteroatoms. The molecule has 0 saturated heterocycles. The van der Waals surface area contributed by atoms with Gasteiger partial charge in [-0.2, -0.15) is 5.10 Å². The van der Waals surface area contributed by atoms with E-state index in [-0.39, 0.29) is 12.3 Å². The second-order valence-corrected chi connectivity index (χ2v) is 7.77. The Balaban J connectivity index is 1.59. The third-order valence-corrected chi connectivity index (χ3v) is 5.89. The lowest BCUT2D eigenvalue weighted by Crippen LogP contribution is -2.33. The zero-order valence-electron chi connectivity index (χ0n) is 15.4. The molecule has 0 radical (unpaired) electrons. The van der Waals surface area contributed by atoms with Crippen LogP contribution in [0.3, 0.4) is 0 Å². The standard InChI is InChI=1S/C23H19BrN2O2/c1-27-22-12-11-16(13-18(22)24)23-26-20(17-9-5-6-10-21(17)28-23)14-19(25-26)15-7-3-2-4-8-15/h2-13,20,23H,14H2,1H3/t20-,23+/m0/s1. The second kappa shape index (κ2) is 6.99. The molecule has 0 fully saturated rings. The van der Waals surface area contributed by atoms with E-state index >= 15 is 0 Å². The highest BCUT2D eigenvalue weighted by atomic mass is 79.9. The van der Waals surface area contributed by atoms with Crippen LogP contribution in [0.4, 0.5) is 0 Å². The van der Waals surface area contributed by atoms with Gasteiger partial charge in [0.25, 0.3) is 0 Å². The minimum atomic E-state index is -0.289. The van der Waals surface area contributed by atoms with Gasteiger partial charge in [0.1, 0.15) is 11.5 Å². The molecule has 140 valence electrons. The summed E-state index contributed by atoms with van der Waals surface area (Å²) in [5, 5.41) is 7.08. The quantitative estimate of drug-likeness (QED) is 0.529. The first-order valence-electron chi connectivity index (χ1n) is 9.25. The van der Waals surface area contributed by atoms with Gasteiger partial charge in [-0.25, -0.2) is 5.01 Å². The minimum absolute atomic E-state index is 0.158. The van der Waals surface area contributed by atoms with Crippen LogP contribution < -0.4 is 9.47 Å². The fourth-order valence-electron chi connectivity index (χ4n) is 3.90. The molecule has 2 aliphatic rings. The van der Waals surface area contributed by atoms with Crippen molar-refractivity contribution in [3.05, 3.63) is 94.0 Å². The Morgan fingerprint density at radius 2 is 1.82 bits per heavy atom. The fourth-order valence-corrected chi connectivity index (χ4v) is 4.45. The van der Waals surface area contributed by atoms with E-state index in [2.05, 4.69) is 57.3 Å². The number of nitrogens with zero attached hydrogens (tertiary/aromatic N) is 2. The topological polar surface area (TPSA) is 34.1 Å². The van der Waals surface area contributed by atoms with Gasteiger partial charge in [0.15, 0.2) is 0 Å². The Morgan fingerprint density at radius 3 is 2.61 bits per heavy atom. The van der Waals surface area contributed by atoms with Crippen molar-refractivity contribution in [3.63, 3.8) is 0 Å². The molecular formula is C23H19BrN2O2. The molecule has 0 N–H and O–H groups in total. The highest BCUT2D eigenvalue weighted by molar-refractivity contribution is 9.10. The normalized spacial score (nSPS) is 20.1. The van der Waals surface area contributed by atoms with Gasteiger partial charge in [0.05, 0.1) is 23.3 Å². The molecule has 28 heavy (non-hydrogen) atoms. The van der Waals surface area contributed by atoms with Crippen molar-refractivity contribution >= 4 is 21.6 Å². The molecule has 0 bridgehead atoms. The monoisotopic (exact) mass is 434 g/mol. The van der Waals surface area contributed by atoms with Crippen molar-refractivity contribution in [1.82, 2.24) is 5.01 Å². The van der Waals surface area contributed by atoms with Gasteiger partial charge >= 0.3 is 0 Å². The number of fused-ring (bicyclic) bond motifs is 3. The Hall–Kier alpha value is -2.79. The lowest BCUT2D eigenvalue weighted by molar-refractivity contribution is -0.0190. The van der Waals surface area contributed by atoms with E-state index in [1.54, 1.807) is 7.11 Å². The van der Waals surface area contributed by atoms with Gasteiger partial charge in [-0.15, -0.1) is 0 Å². The van der Waals surface area contributed by atoms with Gasteiger partial charge in [0, 0.05) is 17.5 Å². The van der Waals surface area contributed by atoms with Crippen LogP contribution >= 0.6 is 15.9 Å². The number of benzene rings is 3. The number of hydrazone groups is 1. The van der Waals surface area contributed by atoms with Crippen LogP contribution in [0, 0.1) is 0 Å². The van der Waals surface area contributed by atoms with Crippen LogP contribution in [0.5, 0.6) is 11.5 Å². The highest BCUT2D eigenvalue weighted by Gasteiger charge is 2.40. The molecule has 2 aliphatic heterocycles. The number of halogens is 1. The predicted octanol–water partition coefficient (Wildman–Crippen LogP) is 5.70. The summed E-state index contributed by atoms with van der Waals surface area (Å²) in [5.74, 6) is 1.72. The van der Waals surface area contributed by atoms with Gasteiger partial charge in [-0.3, -0.25) is 0 Å². The molecule has 2 heterocycles. The average Bonchev–Trinajstić information content (AvgIpc) is 3.19. The summed E-state index contributed by atoms with van der Waals surface area (Å²) in [4.78, 5) is 0. The Bertz CT molecular complexity index is 1050. The summed E-state index contributed by atoms with van der Waals surface area (Å²) in [5.41, 5.74) is 4.46. The van der Waals surface area contributed by atoms with Gasteiger partial charge < -0.3 is 9.47 Å². The van der Waals surface area contributed by atoms with E-state index in [4.69, 9.17) is 14.6 Å². The van der Waals surface area contributed by atoms with E-state index in [9.17, 15) is 0 Å². The van der Waals surface area contributed by atoms with E-state index < -0.39 is 0 Å². The average molecular weight is 435 g/mol. The molecule has 0 aliphatic carbocycles. The molecule has 0 amide bonds. The molecule has 0 unspecified atom stereocenters. The molecule has 3 aromatic carbocycles. The summed E-state index contributed by atoms with van der Waals surface area (Å²) in [6.45, 7) is 0. The first-order valence-corrected chi connectivity index (χ1v) is 10.0. The van der Waals surface area contributed by atoms with Crippen molar-refractivity contribution < 1.29 is 9.47 Å². The zero-order chi connectivity index (χ0) is 19.1. The molecule has 5 rings (SSSR count). The van der Waals surface area contributed by atoms with Crippen molar-refractivity contribution in [2.45, 2.75) is 18.7 Å². The number of rotatable bonds is 3. The van der Waals surface area contributed by atoms with Crippen molar-refractivity contribution in [3.8, 4) is 11.5 Å². The van der Waals surface area contributed by atoms with Crippen LogP contribution in [-0.4, -0.2) is 17.8 Å². The molecule has 4 nitrogen and oxygen atoms in total. The molecule has 2 atom stereocenters. The third kappa shape index (κ3) is 2.87. The van der Waals surface area contributed by atoms with E-state index in [0.29, 0.717) is 0 Å². The largest absolute Gasteiger partial charge is 0.496 e. The van der Waals surface area contributed by atoms with E-state index in [1.807, 2.05) is 36.4 Å².